The molecule has 0 unspecified atom stereocenters. The molecule has 7 nitrogen and oxygen atoms in total. The first-order chi connectivity index (χ1) is 13.8. The molecule has 29 heavy (non-hydrogen) atoms. The molecular weight excluding hydrogens is 409 g/mol. The van der Waals surface area contributed by atoms with Crippen LogP contribution in [0.25, 0.3) is 0 Å². The van der Waals surface area contributed by atoms with E-state index in [4.69, 9.17) is 9.47 Å². The molecule has 1 atom stereocenters. The van der Waals surface area contributed by atoms with Gasteiger partial charge in [0.15, 0.2) is 11.7 Å². The number of aromatic nitrogens is 2. The standard InChI is InChI=1S/C18H21F3N4O3S/c1-12(26)24-17-23-8-15(29-17)10-25-4-5-27-14(9-25)6-13-2-3-22-16(7-13)28-11-18(19,20)21/h2-3,7-8,14H,4-6,9-11H2,1H3,(H,23,24,26)/t14-/m1/s1. The van der Waals surface area contributed by atoms with Gasteiger partial charge in [-0.25, -0.2) is 9.97 Å². The molecule has 1 fully saturated rings. The maximum atomic E-state index is 12.3. The molecule has 0 saturated carbocycles. The minimum Gasteiger partial charge on any atom is -0.468 e. The van der Waals surface area contributed by atoms with Gasteiger partial charge in [-0.3, -0.25) is 9.69 Å². The van der Waals surface area contributed by atoms with Crippen molar-refractivity contribution >= 4 is 22.4 Å². The highest BCUT2D eigenvalue weighted by Gasteiger charge is 2.29. The first-order valence-corrected chi connectivity index (χ1v) is 9.79. The van der Waals surface area contributed by atoms with E-state index in [1.807, 2.05) is 0 Å². The molecular formula is C18H21F3N4O3S. The molecule has 3 heterocycles. The Labute approximate surface area is 169 Å². The lowest BCUT2D eigenvalue weighted by Crippen LogP contribution is -2.42. The van der Waals surface area contributed by atoms with E-state index in [0.29, 0.717) is 31.2 Å². The number of nitrogens with one attached hydrogen (secondary N) is 1. The van der Waals surface area contributed by atoms with Crippen molar-refractivity contribution in [3.05, 3.63) is 35.0 Å². The molecule has 0 spiro atoms. The first-order valence-electron chi connectivity index (χ1n) is 8.97. The van der Waals surface area contributed by atoms with Crippen LogP contribution >= 0.6 is 11.3 Å². The summed E-state index contributed by atoms with van der Waals surface area (Å²) in [5.41, 5.74) is 0.801. The Hall–Kier alpha value is -2.24. The van der Waals surface area contributed by atoms with Crippen LogP contribution in [0.1, 0.15) is 17.4 Å². The monoisotopic (exact) mass is 430 g/mol. The van der Waals surface area contributed by atoms with Gasteiger partial charge in [-0.15, -0.1) is 11.3 Å². The van der Waals surface area contributed by atoms with E-state index in [1.54, 1.807) is 12.3 Å². The number of rotatable bonds is 7. The van der Waals surface area contributed by atoms with Crippen molar-refractivity contribution in [2.24, 2.45) is 0 Å². The number of halogens is 3. The molecule has 0 aromatic carbocycles. The Morgan fingerprint density at radius 3 is 3.03 bits per heavy atom. The summed E-state index contributed by atoms with van der Waals surface area (Å²) < 4.78 is 47.4. The molecule has 2 aromatic rings. The fourth-order valence-corrected chi connectivity index (χ4v) is 3.83. The van der Waals surface area contributed by atoms with Gasteiger partial charge < -0.3 is 14.8 Å². The molecule has 1 aliphatic rings. The fraction of sp³-hybridized carbons (Fsp3) is 0.500. The Kier molecular flexibility index (Phi) is 7.04. The summed E-state index contributed by atoms with van der Waals surface area (Å²) in [7, 11) is 0. The lowest BCUT2D eigenvalue weighted by Gasteiger charge is -2.32. The molecule has 158 valence electrons. The minimum absolute atomic E-state index is 0.0531. The van der Waals surface area contributed by atoms with Crippen molar-refractivity contribution in [1.82, 2.24) is 14.9 Å². The molecule has 0 aliphatic carbocycles. The minimum atomic E-state index is -4.40. The summed E-state index contributed by atoms with van der Waals surface area (Å²) in [6.07, 6.45) is -0.775. The van der Waals surface area contributed by atoms with Crippen LogP contribution in [-0.2, 0) is 22.5 Å². The zero-order chi connectivity index (χ0) is 20.9. The summed E-state index contributed by atoms with van der Waals surface area (Å²) in [4.78, 5) is 22.4. The van der Waals surface area contributed by atoms with Crippen LogP contribution in [-0.4, -0.2) is 59.4 Å². The largest absolute Gasteiger partial charge is 0.468 e. The zero-order valence-electron chi connectivity index (χ0n) is 15.7. The van der Waals surface area contributed by atoms with Gasteiger partial charge in [0.25, 0.3) is 0 Å². The number of amides is 1. The molecule has 1 amide bonds. The maximum absolute atomic E-state index is 12.3. The molecule has 0 radical (unpaired) electrons. The van der Waals surface area contributed by atoms with Crippen LogP contribution in [0.5, 0.6) is 5.88 Å². The smallest absolute Gasteiger partial charge is 0.422 e. The van der Waals surface area contributed by atoms with Gasteiger partial charge in [0.05, 0.1) is 12.7 Å². The lowest BCUT2D eigenvalue weighted by molar-refractivity contribution is -0.154. The van der Waals surface area contributed by atoms with Crippen molar-refractivity contribution in [2.45, 2.75) is 32.2 Å². The highest BCUT2D eigenvalue weighted by Crippen LogP contribution is 2.22. The number of anilines is 1. The van der Waals surface area contributed by atoms with E-state index in [2.05, 4.69) is 20.2 Å². The molecule has 0 bridgehead atoms. The number of alkyl halides is 3. The lowest BCUT2D eigenvalue weighted by atomic mass is 10.1. The average molecular weight is 430 g/mol. The summed E-state index contributed by atoms with van der Waals surface area (Å²) in [5, 5.41) is 3.24. The van der Waals surface area contributed by atoms with Crippen molar-refractivity contribution in [3.63, 3.8) is 0 Å². The van der Waals surface area contributed by atoms with Crippen LogP contribution in [0.2, 0.25) is 0 Å². The van der Waals surface area contributed by atoms with E-state index in [-0.39, 0.29) is 17.9 Å². The van der Waals surface area contributed by atoms with Gasteiger partial charge in [0.2, 0.25) is 11.8 Å². The van der Waals surface area contributed by atoms with Crippen LogP contribution in [0, 0.1) is 0 Å². The third-order valence-electron chi connectivity index (χ3n) is 4.09. The fourth-order valence-electron chi connectivity index (χ4n) is 2.93. The van der Waals surface area contributed by atoms with Crippen LogP contribution < -0.4 is 10.1 Å². The van der Waals surface area contributed by atoms with Gasteiger partial charge in [-0.2, -0.15) is 13.2 Å². The first kappa shape index (κ1) is 21.5. The van der Waals surface area contributed by atoms with E-state index >= 15 is 0 Å². The van der Waals surface area contributed by atoms with Crippen molar-refractivity contribution in [3.8, 4) is 5.88 Å². The van der Waals surface area contributed by atoms with Crippen LogP contribution in [0.3, 0.4) is 0 Å². The van der Waals surface area contributed by atoms with Crippen molar-refractivity contribution < 1.29 is 27.4 Å². The van der Waals surface area contributed by atoms with Gasteiger partial charge in [-0.1, -0.05) is 0 Å². The number of hydrogen-bond donors (Lipinski definition) is 1. The second-order valence-corrected chi connectivity index (χ2v) is 7.77. The summed E-state index contributed by atoms with van der Waals surface area (Å²) in [6, 6.07) is 3.25. The average Bonchev–Trinajstić information content (AvgIpc) is 3.06. The van der Waals surface area contributed by atoms with Gasteiger partial charge in [0.1, 0.15) is 0 Å². The number of pyridine rings is 1. The number of carbonyl (C=O) groups excluding carboxylic acids is 1. The molecule has 3 rings (SSSR count). The third kappa shape index (κ3) is 7.26. The van der Waals surface area contributed by atoms with E-state index in [0.717, 1.165) is 17.0 Å². The van der Waals surface area contributed by atoms with Crippen molar-refractivity contribution in [2.75, 3.05) is 31.6 Å². The predicted molar refractivity (Wildman–Crippen MR) is 101 cm³/mol. The molecule has 2 aromatic heterocycles. The second-order valence-electron chi connectivity index (χ2n) is 6.65. The Balaban J connectivity index is 1.53. The van der Waals surface area contributed by atoms with E-state index < -0.39 is 12.8 Å². The molecule has 1 saturated heterocycles. The SMILES string of the molecule is CC(=O)Nc1ncc(CN2CCO[C@H](Cc3ccnc(OCC(F)(F)F)c3)C2)s1. The predicted octanol–water partition coefficient (Wildman–Crippen LogP) is 2.88. The number of carbonyl (C=O) groups is 1. The Morgan fingerprint density at radius 2 is 2.28 bits per heavy atom. The number of ether oxygens (including phenoxy) is 2. The van der Waals surface area contributed by atoms with Crippen molar-refractivity contribution in [1.29, 1.82) is 0 Å². The summed E-state index contributed by atoms with van der Waals surface area (Å²) >= 11 is 1.43. The Bertz CT molecular complexity index is 831. The summed E-state index contributed by atoms with van der Waals surface area (Å²) in [6.45, 7) is 2.76. The molecule has 11 heteroatoms. The maximum Gasteiger partial charge on any atom is 0.422 e. The Morgan fingerprint density at radius 1 is 1.45 bits per heavy atom. The van der Waals surface area contributed by atoms with Gasteiger partial charge in [0, 0.05) is 56.3 Å². The van der Waals surface area contributed by atoms with Gasteiger partial charge in [-0.05, 0) is 11.6 Å². The number of hydrogen-bond acceptors (Lipinski definition) is 7. The molecule has 1 aliphatic heterocycles. The number of thiazole rings is 1. The van der Waals surface area contributed by atoms with E-state index in [1.165, 1.54) is 30.5 Å². The third-order valence-corrected chi connectivity index (χ3v) is 4.98. The highest BCUT2D eigenvalue weighted by atomic mass is 32.1. The van der Waals surface area contributed by atoms with E-state index in [9.17, 15) is 18.0 Å². The number of morpholine rings is 1. The summed E-state index contributed by atoms with van der Waals surface area (Å²) in [5.74, 6) is -0.212. The van der Waals surface area contributed by atoms with Gasteiger partial charge >= 0.3 is 6.18 Å². The quantitative estimate of drug-likeness (QED) is 0.728. The topological polar surface area (TPSA) is 76.6 Å². The van der Waals surface area contributed by atoms with Crippen LogP contribution in [0.15, 0.2) is 24.5 Å². The van der Waals surface area contributed by atoms with Crippen LogP contribution in [0.4, 0.5) is 18.3 Å². The second kappa shape index (κ2) is 9.51. The zero-order valence-corrected chi connectivity index (χ0v) is 16.6. The molecule has 1 N–H and O–H groups in total. The normalized spacial score (nSPS) is 17.9. The highest BCUT2D eigenvalue weighted by molar-refractivity contribution is 7.15. The number of nitrogens with zero attached hydrogens (tertiary/aromatic N) is 3.